The third kappa shape index (κ3) is 4.66. The Hall–Kier alpha value is -1.87. The second-order valence-corrected chi connectivity index (χ2v) is 3.97. The van der Waals surface area contributed by atoms with Crippen LogP contribution < -0.4 is 0 Å². The maximum atomic E-state index is 11.3. The highest BCUT2D eigenvalue weighted by atomic mass is 16.7. The lowest BCUT2D eigenvalue weighted by Crippen LogP contribution is -2.29. The first kappa shape index (κ1) is 13.2. The number of carbonyl (C=O) groups is 1. The van der Waals surface area contributed by atoms with E-state index in [1.807, 2.05) is 30.3 Å². The fourth-order valence-electron chi connectivity index (χ4n) is 1.12. The molecule has 3 nitrogen and oxygen atoms in total. The molecule has 0 aliphatic rings. The van der Waals surface area contributed by atoms with Crippen LogP contribution in [0.25, 0.3) is 6.08 Å². The minimum atomic E-state index is -1.63. The van der Waals surface area contributed by atoms with E-state index >= 15 is 0 Å². The van der Waals surface area contributed by atoms with Gasteiger partial charge in [-0.15, -0.1) is 0 Å². The fourth-order valence-corrected chi connectivity index (χ4v) is 1.12. The molecule has 90 valence electrons. The lowest BCUT2D eigenvalue weighted by molar-refractivity contribution is -0.179. The standard InChI is InChI=1S/C14H16O3/c1-11(2)13(15)17-14(3,16)10-9-12-7-5-4-6-8-12/h4-10,16H,1H2,2-3H3. The maximum absolute atomic E-state index is 11.3. The number of hydrogen-bond donors (Lipinski definition) is 1. The molecule has 0 saturated carbocycles. The summed E-state index contributed by atoms with van der Waals surface area (Å²) in [5, 5.41) is 9.82. The number of carbonyl (C=O) groups excluding carboxylic acids is 1. The Bertz CT molecular complexity index is 430. The van der Waals surface area contributed by atoms with Gasteiger partial charge in [0.15, 0.2) is 0 Å². The van der Waals surface area contributed by atoms with Crippen molar-refractivity contribution in [2.45, 2.75) is 19.6 Å². The molecule has 0 aliphatic carbocycles. The highest BCUT2D eigenvalue weighted by Gasteiger charge is 2.21. The van der Waals surface area contributed by atoms with Crippen molar-refractivity contribution in [3.63, 3.8) is 0 Å². The smallest absolute Gasteiger partial charge is 0.335 e. The van der Waals surface area contributed by atoms with Gasteiger partial charge in [0.05, 0.1) is 0 Å². The molecule has 0 saturated heterocycles. The van der Waals surface area contributed by atoms with Gasteiger partial charge in [0.1, 0.15) is 0 Å². The van der Waals surface area contributed by atoms with Crippen LogP contribution in [0.2, 0.25) is 0 Å². The third-order valence-corrected chi connectivity index (χ3v) is 2.03. The first-order chi connectivity index (χ1) is 7.91. The van der Waals surface area contributed by atoms with Crippen molar-refractivity contribution in [2.75, 3.05) is 0 Å². The van der Waals surface area contributed by atoms with E-state index in [0.717, 1.165) is 5.56 Å². The van der Waals surface area contributed by atoms with Crippen LogP contribution >= 0.6 is 0 Å². The lowest BCUT2D eigenvalue weighted by Gasteiger charge is -2.19. The quantitative estimate of drug-likeness (QED) is 0.493. The average molecular weight is 232 g/mol. The zero-order valence-corrected chi connectivity index (χ0v) is 10.0. The van der Waals surface area contributed by atoms with Crippen LogP contribution in [0.3, 0.4) is 0 Å². The number of rotatable bonds is 4. The van der Waals surface area contributed by atoms with Crippen LogP contribution in [0.4, 0.5) is 0 Å². The molecule has 1 N–H and O–H groups in total. The van der Waals surface area contributed by atoms with E-state index in [9.17, 15) is 9.90 Å². The van der Waals surface area contributed by atoms with Crippen LogP contribution in [0.5, 0.6) is 0 Å². The Morgan fingerprint density at radius 1 is 1.41 bits per heavy atom. The number of aliphatic hydroxyl groups is 1. The van der Waals surface area contributed by atoms with Crippen molar-refractivity contribution in [2.24, 2.45) is 0 Å². The Morgan fingerprint density at radius 3 is 2.53 bits per heavy atom. The van der Waals surface area contributed by atoms with E-state index in [2.05, 4.69) is 6.58 Å². The molecule has 0 radical (unpaired) electrons. The van der Waals surface area contributed by atoms with E-state index in [-0.39, 0.29) is 5.57 Å². The number of ether oxygens (including phenoxy) is 1. The minimum absolute atomic E-state index is 0.249. The first-order valence-electron chi connectivity index (χ1n) is 5.26. The van der Waals surface area contributed by atoms with Crippen LogP contribution in [-0.4, -0.2) is 16.9 Å². The van der Waals surface area contributed by atoms with Gasteiger partial charge in [-0.25, -0.2) is 4.79 Å². The van der Waals surface area contributed by atoms with Gasteiger partial charge < -0.3 is 9.84 Å². The Labute approximate surface area is 101 Å². The van der Waals surface area contributed by atoms with E-state index < -0.39 is 11.8 Å². The SMILES string of the molecule is C=C(C)C(=O)OC(C)(O)C=Cc1ccccc1. The average Bonchev–Trinajstić information content (AvgIpc) is 2.27. The minimum Gasteiger partial charge on any atom is -0.426 e. The molecule has 1 rings (SSSR count). The topological polar surface area (TPSA) is 46.5 Å². The summed E-state index contributed by atoms with van der Waals surface area (Å²) >= 11 is 0. The van der Waals surface area contributed by atoms with Crippen molar-refractivity contribution in [3.8, 4) is 0 Å². The van der Waals surface area contributed by atoms with E-state index in [1.54, 1.807) is 6.08 Å². The second kappa shape index (κ2) is 5.46. The maximum Gasteiger partial charge on any atom is 0.335 e. The van der Waals surface area contributed by atoms with Crippen LogP contribution in [-0.2, 0) is 9.53 Å². The van der Waals surface area contributed by atoms with Crippen LogP contribution in [0.15, 0.2) is 48.6 Å². The highest BCUT2D eigenvalue weighted by molar-refractivity contribution is 5.87. The first-order valence-corrected chi connectivity index (χ1v) is 5.26. The molecule has 1 atom stereocenters. The molecule has 0 aliphatic heterocycles. The van der Waals surface area contributed by atoms with Crippen molar-refractivity contribution in [1.82, 2.24) is 0 Å². The van der Waals surface area contributed by atoms with E-state index in [1.165, 1.54) is 19.9 Å². The van der Waals surface area contributed by atoms with Gasteiger partial charge in [-0.2, -0.15) is 0 Å². The molecule has 0 heterocycles. The Morgan fingerprint density at radius 2 is 2.00 bits per heavy atom. The third-order valence-electron chi connectivity index (χ3n) is 2.03. The van der Waals surface area contributed by atoms with Gasteiger partial charge in [0.25, 0.3) is 0 Å². The second-order valence-electron chi connectivity index (χ2n) is 3.97. The van der Waals surface area contributed by atoms with Crippen molar-refractivity contribution in [1.29, 1.82) is 0 Å². The largest absolute Gasteiger partial charge is 0.426 e. The zero-order valence-electron chi connectivity index (χ0n) is 10.0. The summed E-state index contributed by atoms with van der Waals surface area (Å²) in [6.07, 6.45) is 3.11. The van der Waals surface area contributed by atoms with Crippen LogP contribution in [0.1, 0.15) is 19.4 Å². The predicted octanol–water partition coefficient (Wildman–Crippen LogP) is 2.53. The summed E-state index contributed by atoms with van der Waals surface area (Å²) in [6.45, 7) is 6.37. The van der Waals surface area contributed by atoms with Gasteiger partial charge in [-0.3, -0.25) is 0 Å². The number of hydrogen-bond acceptors (Lipinski definition) is 3. The van der Waals surface area contributed by atoms with Gasteiger partial charge in [0.2, 0.25) is 5.79 Å². The van der Waals surface area contributed by atoms with E-state index in [4.69, 9.17) is 4.74 Å². The summed E-state index contributed by atoms with van der Waals surface area (Å²) < 4.78 is 4.85. The molecule has 0 aromatic heterocycles. The van der Waals surface area contributed by atoms with E-state index in [0.29, 0.717) is 0 Å². The summed E-state index contributed by atoms with van der Waals surface area (Å²) in [4.78, 5) is 11.3. The Balaban J connectivity index is 2.69. The summed E-state index contributed by atoms with van der Waals surface area (Å²) in [6, 6.07) is 9.43. The molecular weight excluding hydrogens is 216 g/mol. The van der Waals surface area contributed by atoms with Crippen molar-refractivity contribution < 1.29 is 14.6 Å². The molecule has 1 aromatic carbocycles. The molecular formula is C14H16O3. The van der Waals surface area contributed by atoms with Gasteiger partial charge >= 0.3 is 5.97 Å². The summed E-state index contributed by atoms with van der Waals surface area (Å²) in [5.41, 5.74) is 1.16. The summed E-state index contributed by atoms with van der Waals surface area (Å²) in [5.74, 6) is -2.25. The molecule has 1 unspecified atom stereocenters. The zero-order chi connectivity index (χ0) is 12.9. The summed E-state index contributed by atoms with van der Waals surface area (Å²) in [7, 11) is 0. The number of benzene rings is 1. The van der Waals surface area contributed by atoms with Gasteiger partial charge in [0, 0.05) is 12.5 Å². The van der Waals surface area contributed by atoms with Gasteiger partial charge in [-0.05, 0) is 18.6 Å². The fraction of sp³-hybridized carbons (Fsp3) is 0.214. The Kier molecular flexibility index (Phi) is 4.24. The normalized spacial score (nSPS) is 14.3. The number of esters is 1. The van der Waals surface area contributed by atoms with Crippen molar-refractivity contribution >= 4 is 12.0 Å². The lowest BCUT2D eigenvalue weighted by atomic mass is 10.2. The van der Waals surface area contributed by atoms with Crippen molar-refractivity contribution in [3.05, 3.63) is 54.1 Å². The monoisotopic (exact) mass is 232 g/mol. The molecule has 0 spiro atoms. The van der Waals surface area contributed by atoms with Gasteiger partial charge in [-0.1, -0.05) is 43.0 Å². The molecule has 3 heteroatoms. The molecule has 0 bridgehead atoms. The molecule has 17 heavy (non-hydrogen) atoms. The molecule has 0 fully saturated rings. The van der Waals surface area contributed by atoms with Crippen LogP contribution in [0, 0.1) is 0 Å². The molecule has 1 aromatic rings. The molecule has 0 amide bonds. The highest BCUT2D eigenvalue weighted by Crippen LogP contribution is 2.13. The predicted molar refractivity (Wildman–Crippen MR) is 67.0 cm³/mol.